The van der Waals surface area contributed by atoms with Gasteiger partial charge >= 0.3 is 0 Å². The van der Waals surface area contributed by atoms with Crippen molar-refractivity contribution in [1.82, 2.24) is 10.2 Å². The molecule has 3 aromatic rings. The van der Waals surface area contributed by atoms with E-state index in [9.17, 15) is 18.0 Å². The summed E-state index contributed by atoms with van der Waals surface area (Å²) in [5.41, 5.74) is 1.90. The summed E-state index contributed by atoms with van der Waals surface area (Å²) in [7, 11) is -2.60. The largest absolute Gasteiger partial charge is 0.497 e. The van der Waals surface area contributed by atoms with Crippen LogP contribution in [0, 0.1) is 6.92 Å². The number of methoxy groups -OCH3 is 1. The molecule has 0 spiro atoms. The third-order valence-corrected chi connectivity index (χ3v) is 8.13. The predicted octanol–water partition coefficient (Wildman–Crippen LogP) is 4.79. The second-order valence-electron chi connectivity index (χ2n) is 9.51. The summed E-state index contributed by atoms with van der Waals surface area (Å²) in [4.78, 5) is 28.3. The SMILES string of the molecule is COc1cccc(CN(C(=O)CN(c2ccc(Cl)cc2)S(=O)(=O)c2ccc(C)cc2)C(C)C(=O)NC(C)C)c1. The smallest absolute Gasteiger partial charge is 0.264 e. The minimum Gasteiger partial charge on any atom is -0.497 e. The molecule has 1 unspecified atom stereocenters. The molecule has 2 amide bonds. The van der Waals surface area contributed by atoms with Gasteiger partial charge in [0.15, 0.2) is 0 Å². The van der Waals surface area contributed by atoms with Crippen molar-refractivity contribution in [2.75, 3.05) is 18.0 Å². The van der Waals surface area contributed by atoms with Gasteiger partial charge in [-0.15, -0.1) is 0 Å². The van der Waals surface area contributed by atoms with Crippen LogP contribution >= 0.6 is 11.6 Å². The van der Waals surface area contributed by atoms with Gasteiger partial charge in [0.25, 0.3) is 10.0 Å². The first-order chi connectivity index (χ1) is 18.4. The molecule has 8 nitrogen and oxygen atoms in total. The summed E-state index contributed by atoms with van der Waals surface area (Å²) < 4.78 is 34.0. The van der Waals surface area contributed by atoms with Crippen LogP contribution < -0.4 is 14.4 Å². The van der Waals surface area contributed by atoms with Crippen molar-refractivity contribution < 1.29 is 22.7 Å². The molecule has 0 aliphatic carbocycles. The van der Waals surface area contributed by atoms with Crippen LogP contribution in [0.15, 0.2) is 77.7 Å². The molecule has 0 aliphatic heterocycles. The molecule has 1 N–H and O–H groups in total. The van der Waals surface area contributed by atoms with E-state index in [0.717, 1.165) is 15.4 Å². The predicted molar refractivity (Wildman–Crippen MR) is 153 cm³/mol. The first-order valence-corrected chi connectivity index (χ1v) is 14.3. The molecular formula is C29H34ClN3O5S. The highest BCUT2D eigenvalue weighted by Gasteiger charge is 2.32. The number of sulfonamides is 1. The fourth-order valence-corrected chi connectivity index (χ4v) is 5.47. The molecule has 39 heavy (non-hydrogen) atoms. The van der Waals surface area contributed by atoms with Crippen molar-refractivity contribution >= 4 is 39.1 Å². The summed E-state index contributed by atoms with van der Waals surface area (Å²) in [6.07, 6.45) is 0. The van der Waals surface area contributed by atoms with Gasteiger partial charge in [0.05, 0.1) is 17.7 Å². The second-order valence-corrected chi connectivity index (χ2v) is 11.8. The number of rotatable bonds is 11. The maximum atomic E-state index is 13.9. The van der Waals surface area contributed by atoms with Gasteiger partial charge in [0.2, 0.25) is 11.8 Å². The zero-order valence-corrected chi connectivity index (χ0v) is 24.3. The highest BCUT2D eigenvalue weighted by molar-refractivity contribution is 7.92. The van der Waals surface area contributed by atoms with Crippen LogP contribution in [0.25, 0.3) is 0 Å². The lowest BCUT2D eigenvalue weighted by atomic mass is 10.1. The van der Waals surface area contributed by atoms with Crippen LogP contribution in [0.1, 0.15) is 31.9 Å². The van der Waals surface area contributed by atoms with Crippen LogP contribution in [0.5, 0.6) is 5.75 Å². The summed E-state index contributed by atoms with van der Waals surface area (Å²) in [5, 5.41) is 3.26. The third kappa shape index (κ3) is 7.74. The van der Waals surface area contributed by atoms with E-state index in [1.807, 2.05) is 26.8 Å². The molecule has 10 heteroatoms. The molecule has 1 atom stereocenters. The van der Waals surface area contributed by atoms with Crippen molar-refractivity contribution in [2.24, 2.45) is 0 Å². The molecule has 3 aromatic carbocycles. The number of anilines is 1. The lowest BCUT2D eigenvalue weighted by Gasteiger charge is -2.32. The first kappa shape index (κ1) is 30.0. The van der Waals surface area contributed by atoms with E-state index in [2.05, 4.69) is 5.32 Å². The number of nitrogens with one attached hydrogen (secondary N) is 1. The Labute approximate surface area is 235 Å². The number of ether oxygens (including phenoxy) is 1. The monoisotopic (exact) mass is 571 g/mol. The Balaban J connectivity index is 2.03. The van der Waals surface area contributed by atoms with E-state index in [-0.39, 0.29) is 29.1 Å². The van der Waals surface area contributed by atoms with Gasteiger partial charge < -0.3 is 15.0 Å². The molecule has 3 rings (SSSR count). The van der Waals surface area contributed by atoms with E-state index >= 15 is 0 Å². The zero-order valence-electron chi connectivity index (χ0n) is 22.7. The molecule has 0 saturated heterocycles. The van der Waals surface area contributed by atoms with Crippen LogP contribution in [0.2, 0.25) is 5.02 Å². The van der Waals surface area contributed by atoms with Crippen LogP contribution in [0.4, 0.5) is 5.69 Å². The maximum absolute atomic E-state index is 13.9. The van der Waals surface area contributed by atoms with E-state index in [0.29, 0.717) is 10.8 Å². The van der Waals surface area contributed by atoms with Gasteiger partial charge in [-0.3, -0.25) is 13.9 Å². The first-order valence-electron chi connectivity index (χ1n) is 12.5. The molecule has 208 valence electrons. The number of carbonyl (C=O) groups is 2. The summed E-state index contributed by atoms with van der Waals surface area (Å²) in [5.74, 6) is -0.292. The van der Waals surface area contributed by atoms with Gasteiger partial charge in [-0.25, -0.2) is 8.42 Å². The topological polar surface area (TPSA) is 96.0 Å². The third-order valence-electron chi connectivity index (χ3n) is 6.09. The Bertz CT molecular complexity index is 1390. The average Bonchev–Trinajstić information content (AvgIpc) is 2.90. The van der Waals surface area contributed by atoms with Crippen molar-refractivity contribution in [1.29, 1.82) is 0 Å². The number of amides is 2. The highest BCUT2D eigenvalue weighted by atomic mass is 35.5. The number of nitrogens with zero attached hydrogens (tertiary/aromatic N) is 2. The average molecular weight is 572 g/mol. The second kappa shape index (κ2) is 13.0. The van der Waals surface area contributed by atoms with Crippen molar-refractivity contribution in [3.05, 3.63) is 88.9 Å². The number of aryl methyl sites for hydroxylation is 1. The molecule has 0 bridgehead atoms. The summed E-state index contributed by atoms with van der Waals surface area (Å²) in [6.45, 7) is 6.68. The van der Waals surface area contributed by atoms with Crippen LogP contribution in [0.3, 0.4) is 0 Å². The van der Waals surface area contributed by atoms with Crippen LogP contribution in [-0.2, 0) is 26.2 Å². The number of hydrogen-bond donors (Lipinski definition) is 1. The molecule has 0 saturated carbocycles. The summed E-state index contributed by atoms with van der Waals surface area (Å²) >= 11 is 6.06. The lowest BCUT2D eigenvalue weighted by Crippen LogP contribution is -2.52. The molecule has 0 aromatic heterocycles. The van der Waals surface area contributed by atoms with E-state index < -0.39 is 28.5 Å². The Morgan fingerprint density at radius 2 is 1.62 bits per heavy atom. The molecule has 0 aliphatic rings. The normalized spacial score (nSPS) is 12.1. The van der Waals surface area contributed by atoms with Gasteiger partial charge in [0, 0.05) is 17.6 Å². The molecule has 0 heterocycles. The van der Waals surface area contributed by atoms with E-state index in [4.69, 9.17) is 16.3 Å². The standard InChI is InChI=1S/C29H34ClN3O5S/c1-20(2)31-29(35)22(4)32(18-23-7-6-8-26(17-23)38-5)28(34)19-33(25-13-11-24(30)12-14-25)39(36,37)27-15-9-21(3)10-16-27/h6-17,20,22H,18-19H2,1-5H3,(H,31,35). The van der Waals surface area contributed by atoms with Crippen molar-refractivity contribution in [3.8, 4) is 5.75 Å². The van der Waals surface area contributed by atoms with Crippen LogP contribution in [-0.4, -0.2) is 50.9 Å². The van der Waals surface area contributed by atoms with Crippen molar-refractivity contribution in [2.45, 2.75) is 51.2 Å². The number of carbonyl (C=O) groups excluding carboxylic acids is 2. The number of halogens is 1. The van der Waals surface area contributed by atoms with Gasteiger partial charge in [0.1, 0.15) is 18.3 Å². The van der Waals surface area contributed by atoms with Crippen molar-refractivity contribution in [3.63, 3.8) is 0 Å². The van der Waals surface area contributed by atoms with Gasteiger partial charge in [-0.05, 0) is 81.8 Å². The fraction of sp³-hybridized carbons (Fsp3) is 0.310. The minimum absolute atomic E-state index is 0.0424. The summed E-state index contributed by atoms with van der Waals surface area (Å²) in [6, 6.07) is 18.8. The zero-order chi connectivity index (χ0) is 28.7. The minimum atomic E-state index is -4.14. The van der Waals surface area contributed by atoms with Gasteiger partial charge in [-0.2, -0.15) is 0 Å². The number of benzene rings is 3. The fourth-order valence-electron chi connectivity index (χ4n) is 3.93. The quantitative estimate of drug-likeness (QED) is 0.357. The Hall–Kier alpha value is -3.56. The van der Waals surface area contributed by atoms with E-state index in [1.165, 1.54) is 17.0 Å². The lowest BCUT2D eigenvalue weighted by molar-refractivity contribution is -0.139. The Kier molecular flexibility index (Phi) is 9.99. The Morgan fingerprint density at radius 3 is 2.21 bits per heavy atom. The molecule has 0 fully saturated rings. The highest BCUT2D eigenvalue weighted by Crippen LogP contribution is 2.26. The maximum Gasteiger partial charge on any atom is 0.264 e. The van der Waals surface area contributed by atoms with Gasteiger partial charge in [-0.1, -0.05) is 41.4 Å². The molecule has 0 radical (unpaired) electrons. The Morgan fingerprint density at radius 1 is 0.974 bits per heavy atom. The van der Waals surface area contributed by atoms with E-state index in [1.54, 1.807) is 68.6 Å². The molecular weight excluding hydrogens is 538 g/mol. The number of hydrogen-bond acceptors (Lipinski definition) is 5.